The summed E-state index contributed by atoms with van der Waals surface area (Å²) in [6, 6.07) is 0. The van der Waals surface area contributed by atoms with Crippen LogP contribution in [0, 0.1) is 0 Å². The Hall–Kier alpha value is -3.67. The summed E-state index contributed by atoms with van der Waals surface area (Å²) in [6.07, 6.45) is 88.9. The molecule has 448 valence electrons. The molecule has 0 aliphatic carbocycles. The van der Waals surface area contributed by atoms with Crippen molar-refractivity contribution in [3.63, 3.8) is 0 Å². The van der Waals surface area contributed by atoms with Crippen LogP contribution >= 0.6 is 0 Å². The largest absolute Gasteiger partial charge is 0.462 e. The molecule has 78 heavy (non-hydrogen) atoms. The summed E-state index contributed by atoms with van der Waals surface area (Å²) in [6.45, 7) is 6.48. The fourth-order valence-corrected chi connectivity index (χ4v) is 9.36. The Kier molecular flexibility index (Phi) is 62.7. The van der Waals surface area contributed by atoms with Crippen LogP contribution in [0.2, 0.25) is 0 Å². The van der Waals surface area contributed by atoms with E-state index in [1.807, 2.05) is 0 Å². The van der Waals surface area contributed by atoms with Crippen LogP contribution in [-0.2, 0) is 28.6 Å². The van der Waals surface area contributed by atoms with Gasteiger partial charge in [0.15, 0.2) is 6.10 Å². The van der Waals surface area contributed by atoms with Gasteiger partial charge in [0.1, 0.15) is 13.2 Å². The molecule has 0 aliphatic heterocycles. The molecule has 0 bridgehead atoms. The highest BCUT2D eigenvalue weighted by Crippen LogP contribution is 2.17. The molecule has 0 heterocycles. The average Bonchev–Trinajstić information content (AvgIpc) is 3.44. The molecule has 6 heteroatoms. The van der Waals surface area contributed by atoms with Crippen LogP contribution in [-0.4, -0.2) is 37.2 Å². The van der Waals surface area contributed by atoms with Crippen molar-refractivity contribution < 1.29 is 28.6 Å². The van der Waals surface area contributed by atoms with E-state index in [9.17, 15) is 14.4 Å². The van der Waals surface area contributed by atoms with Gasteiger partial charge in [-0.2, -0.15) is 0 Å². The molecule has 0 amide bonds. The number of ether oxygens (including phenoxy) is 3. The third kappa shape index (κ3) is 63.2. The topological polar surface area (TPSA) is 78.9 Å². The Balaban J connectivity index is 4.04. The molecule has 0 aromatic rings. The SMILES string of the molecule is CC/C=C\C/C=C\C/C=C\C/C=C\C/C=C\C/C=C\CCCCCCCCCCCCCCCCC(=O)OCC(COC(=O)CCCCCCCC)OC(=O)CCCCCCCCCCC/C=C\C/C=C\CCCCCCC. The zero-order chi connectivity index (χ0) is 56.4. The highest BCUT2D eigenvalue weighted by Gasteiger charge is 2.19. The summed E-state index contributed by atoms with van der Waals surface area (Å²) in [4.78, 5) is 38.0. The summed E-state index contributed by atoms with van der Waals surface area (Å²) >= 11 is 0. The van der Waals surface area contributed by atoms with Crippen LogP contribution in [0.5, 0.6) is 0 Å². The fourth-order valence-electron chi connectivity index (χ4n) is 9.36. The molecule has 0 saturated heterocycles. The summed E-state index contributed by atoms with van der Waals surface area (Å²) in [5.41, 5.74) is 0. The van der Waals surface area contributed by atoms with Crippen molar-refractivity contribution in [3.05, 3.63) is 97.2 Å². The van der Waals surface area contributed by atoms with E-state index in [1.165, 1.54) is 180 Å². The molecule has 0 radical (unpaired) electrons. The Bertz CT molecular complexity index is 1530. The summed E-state index contributed by atoms with van der Waals surface area (Å²) < 4.78 is 16.8. The minimum Gasteiger partial charge on any atom is -0.462 e. The second kappa shape index (κ2) is 65.8. The van der Waals surface area contributed by atoms with Gasteiger partial charge in [-0.25, -0.2) is 0 Å². The molecule has 6 nitrogen and oxygen atoms in total. The van der Waals surface area contributed by atoms with Crippen molar-refractivity contribution in [2.75, 3.05) is 13.2 Å². The third-order valence-corrected chi connectivity index (χ3v) is 14.3. The molecule has 0 aromatic carbocycles. The van der Waals surface area contributed by atoms with Crippen LogP contribution in [0.4, 0.5) is 0 Å². The number of hydrogen-bond acceptors (Lipinski definition) is 6. The van der Waals surface area contributed by atoms with Crippen LogP contribution in [0.25, 0.3) is 0 Å². The summed E-state index contributed by atoms with van der Waals surface area (Å²) in [7, 11) is 0. The van der Waals surface area contributed by atoms with E-state index in [4.69, 9.17) is 14.2 Å². The molecule has 0 N–H and O–H groups in total. The van der Waals surface area contributed by atoms with Crippen molar-refractivity contribution >= 4 is 17.9 Å². The van der Waals surface area contributed by atoms with Crippen molar-refractivity contribution in [1.29, 1.82) is 0 Å². The predicted octanol–water partition coefficient (Wildman–Crippen LogP) is 22.8. The van der Waals surface area contributed by atoms with Gasteiger partial charge in [0.2, 0.25) is 0 Å². The van der Waals surface area contributed by atoms with Gasteiger partial charge in [0, 0.05) is 19.3 Å². The molecule has 1 unspecified atom stereocenters. The van der Waals surface area contributed by atoms with Gasteiger partial charge in [0.25, 0.3) is 0 Å². The number of rotatable bonds is 60. The van der Waals surface area contributed by atoms with Gasteiger partial charge >= 0.3 is 17.9 Å². The summed E-state index contributed by atoms with van der Waals surface area (Å²) in [5, 5.41) is 0. The van der Waals surface area contributed by atoms with Gasteiger partial charge < -0.3 is 14.2 Å². The van der Waals surface area contributed by atoms with E-state index in [0.29, 0.717) is 19.3 Å². The highest BCUT2D eigenvalue weighted by atomic mass is 16.6. The first-order valence-corrected chi connectivity index (χ1v) is 33.2. The highest BCUT2D eigenvalue weighted by molar-refractivity contribution is 5.71. The van der Waals surface area contributed by atoms with E-state index in [0.717, 1.165) is 103 Å². The van der Waals surface area contributed by atoms with Crippen LogP contribution in [0.1, 0.15) is 323 Å². The van der Waals surface area contributed by atoms with E-state index in [-0.39, 0.29) is 31.1 Å². The third-order valence-electron chi connectivity index (χ3n) is 14.3. The number of hydrogen-bond donors (Lipinski definition) is 0. The van der Waals surface area contributed by atoms with Gasteiger partial charge in [-0.05, 0) is 103 Å². The maximum atomic E-state index is 12.8. The quantitative estimate of drug-likeness (QED) is 0.0261. The fraction of sp³-hybridized carbons (Fsp3) is 0.736. The zero-order valence-corrected chi connectivity index (χ0v) is 51.4. The van der Waals surface area contributed by atoms with Crippen LogP contribution < -0.4 is 0 Å². The van der Waals surface area contributed by atoms with E-state index >= 15 is 0 Å². The van der Waals surface area contributed by atoms with Crippen molar-refractivity contribution in [3.8, 4) is 0 Å². The van der Waals surface area contributed by atoms with Crippen molar-refractivity contribution in [1.82, 2.24) is 0 Å². The molecule has 0 saturated carbocycles. The summed E-state index contributed by atoms with van der Waals surface area (Å²) in [5.74, 6) is -0.880. The lowest BCUT2D eigenvalue weighted by molar-refractivity contribution is -0.167. The minimum absolute atomic E-state index is 0.0764. The molecule has 0 rings (SSSR count). The Morgan fingerprint density at radius 1 is 0.269 bits per heavy atom. The first-order valence-electron chi connectivity index (χ1n) is 33.2. The Morgan fingerprint density at radius 2 is 0.500 bits per heavy atom. The number of carbonyl (C=O) groups is 3. The van der Waals surface area contributed by atoms with Crippen LogP contribution in [0.15, 0.2) is 97.2 Å². The van der Waals surface area contributed by atoms with E-state index in [1.54, 1.807) is 0 Å². The second-order valence-electron chi connectivity index (χ2n) is 22.0. The molecule has 1 atom stereocenters. The molecule has 0 fully saturated rings. The average molecular weight is 1090 g/mol. The maximum Gasteiger partial charge on any atom is 0.306 e. The Morgan fingerprint density at radius 3 is 0.782 bits per heavy atom. The lowest BCUT2D eigenvalue weighted by atomic mass is 10.0. The van der Waals surface area contributed by atoms with Gasteiger partial charge in [0.05, 0.1) is 0 Å². The smallest absolute Gasteiger partial charge is 0.306 e. The Labute approximate surface area is 483 Å². The van der Waals surface area contributed by atoms with Gasteiger partial charge in [-0.1, -0.05) is 298 Å². The molecule has 0 aliphatic rings. The maximum absolute atomic E-state index is 12.8. The first-order chi connectivity index (χ1) is 38.5. The minimum atomic E-state index is -0.776. The molecular formula is C72H124O6. The normalized spacial score (nSPS) is 12.7. The monoisotopic (exact) mass is 1080 g/mol. The number of allylic oxidation sites excluding steroid dienone is 16. The number of esters is 3. The van der Waals surface area contributed by atoms with E-state index in [2.05, 4.69) is 118 Å². The van der Waals surface area contributed by atoms with Crippen molar-refractivity contribution in [2.24, 2.45) is 0 Å². The van der Waals surface area contributed by atoms with Gasteiger partial charge in [-0.3, -0.25) is 14.4 Å². The number of carbonyl (C=O) groups excluding carboxylic acids is 3. The van der Waals surface area contributed by atoms with Crippen LogP contribution in [0.3, 0.4) is 0 Å². The predicted molar refractivity (Wildman–Crippen MR) is 339 cm³/mol. The molecular weight excluding hydrogens is 961 g/mol. The van der Waals surface area contributed by atoms with E-state index < -0.39 is 6.10 Å². The lowest BCUT2D eigenvalue weighted by Crippen LogP contribution is -2.30. The lowest BCUT2D eigenvalue weighted by Gasteiger charge is -2.18. The zero-order valence-electron chi connectivity index (χ0n) is 51.4. The molecule has 0 aromatic heterocycles. The first kappa shape index (κ1) is 74.3. The standard InChI is InChI=1S/C72H124O6/c1-4-7-10-13-16-18-20-22-24-26-28-30-31-32-33-34-35-36-37-38-39-40-41-43-44-46-48-50-52-54-56-59-62-65-71(74)77-68-69(67-76-70(73)64-61-58-15-12-9-6-3)78-72(75)66-63-60-57-55-53-51-49-47-45-42-29-27-25-23-21-19-17-14-11-8-5-2/h7,10,16,18,21-24,27-30,32-33,35-36,69H,4-6,8-9,11-15,17,19-20,25-26,31,34,37-68H2,1-3H3/b10-7-,18-16-,23-21-,24-22-,29-27-,30-28-,33-32-,36-35-. The van der Waals surface area contributed by atoms with Gasteiger partial charge in [-0.15, -0.1) is 0 Å². The number of unbranched alkanes of at least 4 members (excludes halogenated alkanes) is 33. The second-order valence-corrected chi connectivity index (χ2v) is 22.0. The van der Waals surface area contributed by atoms with Crippen molar-refractivity contribution in [2.45, 2.75) is 329 Å². The molecule has 0 spiro atoms.